The van der Waals surface area contributed by atoms with Gasteiger partial charge in [-0.25, -0.2) is 4.79 Å². The number of ether oxygens (including phenoxy) is 3. The summed E-state index contributed by atoms with van der Waals surface area (Å²) in [5.74, 6) is 1.97. The third-order valence-corrected chi connectivity index (χ3v) is 6.43. The Labute approximate surface area is 203 Å². The number of carbonyl (C=O) groups excluding carboxylic acids is 2. The van der Waals surface area contributed by atoms with E-state index in [9.17, 15) is 9.59 Å². The summed E-state index contributed by atoms with van der Waals surface area (Å²) in [5.41, 5.74) is 2.68. The molecule has 0 saturated heterocycles. The number of aryl methyl sites for hydroxylation is 1. The van der Waals surface area contributed by atoms with Gasteiger partial charge in [0.25, 0.3) is 0 Å². The van der Waals surface area contributed by atoms with Gasteiger partial charge in [0, 0.05) is 12.0 Å². The molecule has 5 nitrogen and oxygen atoms in total. The molecule has 0 N–H and O–H groups in total. The van der Waals surface area contributed by atoms with Gasteiger partial charge in [-0.3, -0.25) is 4.79 Å². The van der Waals surface area contributed by atoms with Gasteiger partial charge in [0.05, 0.1) is 0 Å². The zero-order valence-electron chi connectivity index (χ0n) is 20.4. The fourth-order valence-corrected chi connectivity index (χ4v) is 4.46. The lowest BCUT2D eigenvalue weighted by molar-refractivity contribution is -0.145. The van der Waals surface area contributed by atoms with Crippen molar-refractivity contribution in [2.45, 2.75) is 71.1 Å². The van der Waals surface area contributed by atoms with Crippen LogP contribution < -0.4 is 9.47 Å². The van der Waals surface area contributed by atoms with Gasteiger partial charge >= 0.3 is 11.9 Å². The molecule has 0 bridgehead atoms. The van der Waals surface area contributed by atoms with Crippen molar-refractivity contribution in [3.05, 3.63) is 71.8 Å². The molecule has 0 spiro atoms. The van der Waals surface area contributed by atoms with Crippen LogP contribution in [0.2, 0.25) is 0 Å². The van der Waals surface area contributed by atoms with E-state index in [1.54, 1.807) is 19.1 Å². The third-order valence-electron chi connectivity index (χ3n) is 6.43. The van der Waals surface area contributed by atoms with Crippen LogP contribution in [0.1, 0.15) is 75.8 Å². The van der Waals surface area contributed by atoms with Crippen molar-refractivity contribution in [3.63, 3.8) is 0 Å². The quantitative estimate of drug-likeness (QED) is 0.159. The average Bonchev–Trinajstić information content (AvgIpc) is 2.84. The number of carbonyl (C=O) groups is 2. The highest BCUT2D eigenvalue weighted by atomic mass is 16.7. The Kier molecular flexibility index (Phi) is 9.75. The molecule has 1 fully saturated rings. The molecule has 0 aliphatic heterocycles. The summed E-state index contributed by atoms with van der Waals surface area (Å²) >= 11 is 0. The predicted octanol–water partition coefficient (Wildman–Crippen LogP) is 6.75. The van der Waals surface area contributed by atoms with Crippen LogP contribution in [0.3, 0.4) is 0 Å². The molecule has 0 unspecified atom stereocenters. The van der Waals surface area contributed by atoms with Crippen LogP contribution >= 0.6 is 0 Å². The first kappa shape index (κ1) is 25.5. The van der Waals surface area contributed by atoms with Gasteiger partial charge in [-0.1, -0.05) is 50.6 Å². The van der Waals surface area contributed by atoms with E-state index < -0.39 is 5.97 Å². The highest BCUT2D eigenvalue weighted by Gasteiger charge is 2.21. The molecule has 1 saturated carbocycles. The van der Waals surface area contributed by atoms with E-state index in [1.165, 1.54) is 44.1 Å². The Morgan fingerprint density at radius 2 is 1.59 bits per heavy atom. The second kappa shape index (κ2) is 13.0. The first-order valence-corrected chi connectivity index (χ1v) is 12.3. The molecule has 0 heterocycles. The van der Waals surface area contributed by atoms with E-state index >= 15 is 0 Å². The largest absolute Gasteiger partial charge is 0.457 e. The summed E-state index contributed by atoms with van der Waals surface area (Å²) in [7, 11) is 0. The first-order chi connectivity index (χ1) is 16.4. The predicted molar refractivity (Wildman–Crippen MR) is 133 cm³/mol. The minimum atomic E-state index is -0.487. The molecule has 5 heteroatoms. The molecule has 2 aromatic rings. The van der Waals surface area contributed by atoms with Crippen molar-refractivity contribution < 1.29 is 23.8 Å². The summed E-state index contributed by atoms with van der Waals surface area (Å²) in [5, 5.41) is 0. The molecule has 0 atom stereocenters. The van der Waals surface area contributed by atoms with Gasteiger partial charge in [0.2, 0.25) is 6.79 Å². The molecule has 0 amide bonds. The van der Waals surface area contributed by atoms with E-state index in [1.807, 2.05) is 24.3 Å². The molecular formula is C29H36O5. The van der Waals surface area contributed by atoms with Gasteiger partial charge < -0.3 is 14.2 Å². The van der Waals surface area contributed by atoms with Crippen molar-refractivity contribution in [1.29, 1.82) is 0 Å². The van der Waals surface area contributed by atoms with Crippen molar-refractivity contribution >= 4 is 11.9 Å². The molecule has 1 aliphatic rings. The Balaban J connectivity index is 1.38. The molecule has 2 aromatic carbocycles. The maximum absolute atomic E-state index is 12.3. The van der Waals surface area contributed by atoms with Gasteiger partial charge in [0.1, 0.15) is 11.5 Å². The standard InChI is InChI=1S/C29H36O5/c1-4-5-22-6-11-24(12-7-22)25-13-17-27(18-14-25)34-28(30)19-10-23-8-15-26(16-9-23)32-20-33-29(31)21(2)3/h8-9,13-18,22,24H,2,4-7,10-12,19-20H2,1,3H3. The third kappa shape index (κ3) is 8.05. The monoisotopic (exact) mass is 464 g/mol. The van der Waals surface area contributed by atoms with Crippen LogP contribution in [-0.4, -0.2) is 18.7 Å². The van der Waals surface area contributed by atoms with Gasteiger partial charge in [0.15, 0.2) is 0 Å². The van der Waals surface area contributed by atoms with Crippen molar-refractivity contribution in [2.75, 3.05) is 6.79 Å². The number of benzene rings is 2. The Morgan fingerprint density at radius 3 is 2.21 bits per heavy atom. The summed E-state index contributed by atoms with van der Waals surface area (Å²) < 4.78 is 15.8. The molecule has 1 aliphatic carbocycles. The zero-order valence-corrected chi connectivity index (χ0v) is 20.4. The number of hydrogen-bond donors (Lipinski definition) is 0. The molecule has 182 valence electrons. The Hall–Kier alpha value is -3.08. The molecular weight excluding hydrogens is 428 g/mol. The Bertz CT molecular complexity index is 937. The minimum absolute atomic E-state index is 0.170. The molecule has 0 radical (unpaired) electrons. The summed E-state index contributed by atoms with van der Waals surface area (Å²) in [4.78, 5) is 23.6. The summed E-state index contributed by atoms with van der Waals surface area (Å²) in [6.07, 6.45) is 8.66. The van der Waals surface area contributed by atoms with Crippen LogP contribution in [0.15, 0.2) is 60.7 Å². The van der Waals surface area contributed by atoms with E-state index in [0.717, 1.165) is 11.5 Å². The van der Waals surface area contributed by atoms with Gasteiger partial charge in [-0.15, -0.1) is 0 Å². The SMILES string of the molecule is C=C(C)C(=O)OCOc1ccc(CCC(=O)Oc2ccc(C3CCC(CCC)CC3)cc2)cc1. The van der Waals surface area contributed by atoms with Gasteiger partial charge in [-0.05, 0) is 86.3 Å². The smallest absolute Gasteiger partial charge is 0.335 e. The van der Waals surface area contributed by atoms with Crippen molar-refractivity contribution in [1.82, 2.24) is 0 Å². The van der Waals surface area contributed by atoms with Crippen LogP contribution in [0.25, 0.3) is 0 Å². The maximum atomic E-state index is 12.3. The lowest BCUT2D eigenvalue weighted by Gasteiger charge is -2.28. The fraction of sp³-hybridized carbons (Fsp3) is 0.448. The van der Waals surface area contributed by atoms with Gasteiger partial charge in [-0.2, -0.15) is 0 Å². The second-order valence-electron chi connectivity index (χ2n) is 9.17. The van der Waals surface area contributed by atoms with E-state index in [0.29, 0.717) is 35.8 Å². The lowest BCUT2D eigenvalue weighted by Crippen LogP contribution is -2.13. The molecule has 3 rings (SSSR count). The Morgan fingerprint density at radius 1 is 0.941 bits per heavy atom. The lowest BCUT2D eigenvalue weighted by atomic mass is 9.77. The van der Waals surface area contributed by atoms with Crippen LogP contribution in [-0.2, 0) is 20.7 Å². The zero-order chi connectivity index (χ0) is 24.3. The fourth-order valence-electron chi connectivity index (χ4n) is 4.46. The summed E-state index contributed by atoms with van der Waals surface area (Å²) in [6, 6.07) is 15.4. The number of esters is 2. The van der Waals surface area contributed by atoms with E-state index in [-0.39, 0.29) is 12.8 Å². The van der Waals surface area contributed by atoms with E-state index in [4.69, 9.17) is 14.2 Å². The molecule has 0 aromatic heterocycles. The molecule has 34 heavy (non-hydrogen) atoms. The van der Waals surface area contributed by atoms with Crippen LogP contribution in [0.4, 0.5) is 0 Å². The highest BCUT2D eigenvalue weighted by Crippen LogP contribution is 2.37. The minimum Gasteiger partial charge on any atom is -0.457 e. The first-order valence-electron chi connectivity index (χ1n) is 12.3. The van der Waals surface area contributed by atoms with Crippen molar-refractivity contribution in [3.8, 4) is 11.5 Å². The average molecular weight is 465 g/mol. The summed E-state index contributed by atoms with van der Waals surface area (Å²) in [6.45, 7) is 7.20. The van der Waals surface area contributed by atoms with Crippen LogP contribution in [0.5, 0.6) is 11.5 Å². The normalized spacial score (nSPS) is 17.6. The topological polar surface area (TPSA) is 61.8 Å². The second-order valence-corrected chi connectivity index (χ2v) is 9.17. The number of hydrogen-bond acceptors (Lipinski definition) is 5. The van der Waals surface area contributed by atoms with E-state index in [2.05, 4.69) is 25.6 Å². The van der Waals surface area contributed by atoms with Crippen molar-refractivity contribution in [2.24, 2.45) is 5.92 Å². The van der Waals surface area contributed by atoms with Crippen LogP contribution in [0, 0.1) is 5.92 Å². The highest BCUT2D eigenvalue weighted by molar-refractivity contribution is 5.86. The number of rotatable bonds is 11. The maximum Gasteiger partial charge on any atom is 0.335 e.